The molecule has 4 N–H and O–H groups in total. The number of amides is 1. The molecule has 27 heavy (non-hydrogen) atoms. The smallest absolute Gasteiger partial charge is 0.238 e. The summed E-state index contributed by atoms with van der Waals surface area (Å²) in [5, 5.41) is 11.1. The Morgan fingerprint density at radius 1 is 1.07 bits per heavy atom. The highest BCUT2D eigenvalue weighted by Gasteiger charge is 2.16. The zero-order valence-corrected chi connectivity index (χ0v) is 16.1. The lowest BCUT2D eigenvalue weighted by Crippen LogP contribution is -2.43. The lowest BCUT2D eigenvalue weighted by molar-refractivity contribution is -0.122. The van der Waals surface area contributed by atoms with Crippen LogP contribution >= 0.6 is 0 Å². The van der Waals surface area contributed by atoms with Crippen LogP contribution in [-0.2, 0) is 21.2 Å². The average Bonchev–Trinajstić information content (AvgIpc) is 2.62. The topological polar surface area (TPSA) is 101 Å². The SMILES string of the molecule is C[C@H](N[C@H](C)C(=O)NCCc1ccc(F)cc1)c1ccc(S(N)(=O)=O)cc1. The van der Waals surface area contributed by atoms with Crippen LogP contribution in [0.4, 0.5) is 4.39 Å². The van der Waals surface area contributed by atoms with Gasteiger partial charge in [-0.15, -0.1) is 0 Å². The number of rotatable bonds is 8. The van der Waals surface area contributed by atoms with Crippen LogP contribution in [-0.4, -0.2) is 26.9 Å². The second-order valence-electron chi connectivity index (χ2n) is 6.39. The van der Waals surface area contributed by atoms with Crippen molar-refractivity contribution in [2.24, 2.45) is 5.14 Å². The first-order valence-corrected chi connectivity index (χ1v) is 10.1. The maximum atomic E-state index is 12.9. The van der Waals surface area contributed by atoms with Gasteiger partial charge in [-0.05, 0) is 55.7 Å². The normalized spacial score (nSPS) is 13.8. The Kier molecular flexibility index (Phi) is 7.06. The number of carbonyl (C=O) groups is 1. The Balaban J connectivity index is 1.83. The summed E-state index contributed by atoms with van der Waals surface area (Å²) in [5.41, 5.74) is 1.79. The highest BCUT2D eigenvalue weighted by Crippen LogP contribution is 2.16. The fraction of sp³-hybridized carbons (Fsp3) is 0.316. The molecule has 0 aliphatic carbocycles. The molecule has 146 valence electrons. The number of benzene rings is 2. The second-order valence-corrected chi connectivity index (χ2v) is 7.95. The van der Waals surface area contributed by atoms with Crippen LogP contribution in [0.15, 0.2) is 53.4 Å². The van der Waals surface area contributed by atoms with Crippen molar-refractivity contribution in [1.82, 2.24) is 10.6 Å². The van der Waals surface area contributed by atoms with Gasteiger partial charge in [-0.1, -0.05) is 24.3 Å². The van der Waals surface area contributed by atoms with Crippen LogP contribution in [0.2, 0.25) is 0 Å². The van der Waals surface area contributed by atoms with Crippen molar-refractivity contribution in [3.05, 3.63) is 65.5 Å². The van der Waals surface area contributed by atoms with E-state index < -0.39 is 16.1 Å². The molecule has 6 nitrogen and oxygen atoms in total. The molecule has 2 aromatic carbocycles. The standard InChI is InChI=1S/C19H24FN3O3S/c1-13(16-5-9-18(10-6-16)27(21,25)26)23-14(2)19(24)22-12-11-15-3-7-17(20)8-4-15/h3-10,13-14,23H,11-12H2,1-2H3,(H,22,24)(H2,21,25,26)/t13-,14+/m0/s1. The van der Waals surface area contributed by atoms with Gasteiger partial charge in [0.1, 0.15) is 5.82 Å². The quantitative estimate of drug-likeness (QED) is 0.637. The number of carbonyl (C=O) groups excluding carboxylic acids is 1. The third-order valence-corrected chi connectivity index (χ3v) is 5.16. The molecule has 0 saturated heterocycles. The van der Waals surface area contributed by atoms with Crippen molar-refractivity contribution in [3.8, 4) is 0 Å². The van der Waals surface area contributed by atoms with E-state index in [1.807, 2.05) is 6.92 Å². The van der Waals surface area contributed by atoms with Crippen LogP contribution in [0, 0.1) is 5.82 Å². The molecule has 0 unspecified atom stereocenters. The van der Waals surface area contributed by atoms with Gasteiger partial charge in [-0.25, -0.2) is 17.9 Å². The highest BCUT2D eigenvalue weighted by molar-refractivity contribution is 7.89. The first-order valence-electron chi connectivity index (χ1n) is 8.58. The van der Waals surface area contributed by atoms with Crippen molar-refractivity contribution in [2.45, 2.75) is 37.2 Å². The zero-order valence-electron chi connectivity index (χ0n) is 15.3. The second kappa shape index (κ2) is 9.07. The number of halogens is 1. The van der Waals surface area contributed by atoms with Gasteiger partial charge in [-0.3, -0.25) is 10.1 Å². The minimum atomic E-state index is -3.72. The minimum Gasteiger partial charge on any atom is -0.354 e. The van der Waals surface area contributed by atoms with E-state index in [1.165, 1.54) is 24.3 Å². The zero-order chi connectivity index (χ0) is 20.0. The summed E-state index contributed by atoms with van der Waals surface area (Å²) >= 11 is 0. The Labute approximate surface area is 159 Å². The molecule has 0 saturated carbocycles. The molecule has 0 heterocycles. The van der Waals surface area contributed by atoms with Gasteiger partial charge in [0.15, 0.2) is 0 Å². The molecule has 2 atom stereocenters. The summed E-state index contributed by atoms with van der Waals surface area (Å²) in [6, 6.07) is 11.8. The van der Waals surface area contributed by atoms with Crippen LogP contribution in [0.25, 0.3) is 0 Å². The van der Waals surface area contributed by atoms with E-state index in [0.717, 1.165) is 11.1 Å². The summed E-state index contributed by atoms with van der Waals surface area (Å²) < 4.78 is 35.5. The van der Waals surface area contributed by atoms with Crippen LogP contribution < -0.4 is 15.8 Å². The Bertz CT molecular complexity index is 868. The van der Waals surface area contributed by atoms with Crippen molar-refractivity contribution >= 4 is 15.9 Å². The molecular formula is C19H24FN3O3S. The fourth-order valence-corrected chi connectivity index (χ4v) is 3.14. The molecule has 0 aliphatic rings. The van der Waals surface area contributed by atoms with Gasteiger partial charge in [0.2, 0.25) is 15.9 Å². The van der Waals surface area contributed by atoms with Crippen LogP contribution in [0.3, 0.4) is 0 Å². The molecule has 8 heteroatoms. The van der Waals surface area contributed by atoms with Gasteiger partial charge < -0.3 is 5.32 Å². The highest BCUT2D eigenvalue weighted by atomic mass is 32.2. The Hall–Kier alpha value is -2.29. The van der Waals surface area contributed by atoms with E-state index in [2.05, 4.69) is 10.6 Å². The lowest BCUT2D eigenvalue weighted by atomic mass is 10.1. The van der Waals surface area contributed by atoms with Crippen molar-refractivity contribution < 1.29 is 17.6 Å². The molecular weight excluding hydrogens is 369 g/mol. The lowest BCUT2D eigenvalue weighted by Gasteiger charge is -2.20. The summed E-state index contributed by atoms with van der Waals surface area (Å²) in [4.78, 5) is 12.3. The predicted octanol–water partition coefficient (Wildman–Crippen LogP) is 1.87. The predicted molar refractivity (Wildman–Crippen MR) is 102 cm³/mol. The Morgan fingerprint density at radius 2 is 1.67 bits per heavy atom. The molecule has 1 amide bonds. The van der Waals surface area contributed by atoms with Crippen molar-refractivity contribution in [2.75, 3.05) is 6.54 Å². The monoisotopic (exact) mass is 393 g/mol. The summed E-state index contributed by atoms with van der Waals surface area (Å²) in [6.07, 6.45) is 0.614. The summed E-state index contributed by atoms with van der Waals surface area (Å²) in [6.45, 7) is 4.09. The minimum absolute atomic E-state index is 0.0463. The third kappa shape index (κ3) is 6.42. The van der Waals surface area contributed by atoms with E-state index in [-0.39, 0.29) is 22.7 Å². The first-order chi connectivity index (χ1) is 12.7. The number of hydrogen-bond acceptors (Lipinski definition) is 4. The molecule has 0 fully saturated rings. The van der Waals surface area contributed by atoms with Gasteiger partial charge >= 0.3 is 0 Å². The molecule has 0 radical (unpaired) electrons. The molecule has 0 spiro atoms. The van der Waals surface area contributed by atoms with Gasteiger partial charge in [-0.2, -0.15) is 0 Å². The molecule has 0 aromatic heterocycles. The molecule has 2 rings (SSSR count). The maximum Gasteiger partial charge on any atom is 0.238 e. The number of nitrogens with one attached hydrogen (secondary N) is 2. The van der Waals surface area contributed by atoms with Gasteiger partial charge in [0.25, 0.3) is 0 Å². The third-order valence-electron chi connectivity index (χ3n) is 4.23. The van der Waals surface area contributed by atoms with E-state index in [4.69, 9.17) is 5.14 Å². The van der Waals surface area contributed by atoms with E-state index in [1.54, 1.807) is 31.2 Å². The number of nitrogens with two attached hydrogens (primary N) is 1. The number of sulfonamides is 1. The maximum absolute atomic E-state index is 12.9. The average molecular weight is 393 g/mol. The molecule has 0 bridgehead atoms. The number of hydrogen-bond donors (Lipinski definition) is 3. The van der Waals surface area contributed by atoms with E-state index >= 15 is 0 Å². The first kappa shape index (κ1) is 21.0. The van der Waals surface area contributed by atoms with E-state index in [9.17, 15) is 17.6 Å². The van der Waals surface area contributed by atoms with Crippen LogP contribution in [0.1, 0.15) is 31.0 Å². The number of primary sulfonamides is 1. The molecule has 2 aromatic rings. The molecule has 0 aliphatic heterocycles. The van der Waals surface area contributed by atoms with Gasteiger partial charge in [0.05, 0.1) is 10.9 Å². The van der Waals surface area contributed by atoms with Crippen molar-refractivity contribution in [3.63, 3.8) is 0 Å². The van der Waals surface area contributed by atoms with E-state index in [0.29, 0.717) is 13.0 Å². The largest absolute Gasteiger partial charge is 0.354 e. The van der Waals surface area contributed by atoms with Gasteiger partial charge in [0, 0.05) is 12.6 Å². The van der Waals surface area contributed by atoms with Crippen LogP contribution in [0.5, 0.6) is 0 Å². The Morgan fingerprint density at radius 3 is 2.22 bits per heavy atom. The summed E-state index contributed by atoms with van der Waals surface area (Å²) in [5.74, 6) is -0.434. The fourth-order valence-electron chi connectivity index (χ4n) is 2.63. The summed E-state index contributed by atoms with van der Waals surface area (Å²) in [7, 11) is -3.72. The van der Waals surface area contributed by atoms with Crippen molar-refractivity contribution in [1.29, 1.82) is 0 Å².